The zero-order valence-corrected chi connectivity index (χ0v) is 10.6. The molecule has 1 N–H and O–H groups in total. The summed E-state index contributed by atoms with van der Waals surface area (Å²) in [6.45, 7) is 4.14. The van der Waals surface area contributed by atoms with E-state index in [2.05, 4.69) is 40.0 Å². The molecule has 1 amide bonds. The van der Waals surface area contributed by atoms with Gasteiger partial charge >= 0.3 is 0 Å². The molecule has 3 heteroatoms. The lowest BCUT2D eigenvalue weighted by Crippen LogP contribution is -2.31. The molecule has 0 heterocycles. The Morgan fingerprint density at radius 3 is 3.00 bits per heavy atom. The monoisotopic (exact) mass is 279 g/mol. The van der Waals surface area contributed by atoms with Gasteiger partial charge in [0.25, 0.3) is 0 Å². The van der Waals surface area contributed by atoms with E-state index in [1.54, 1.807) is 6.08 Å². The largest absolute Gasteiger partial charge is 0.352 e. The van der Waals surface area contributed by atoms with Gasteiger partial charge in [-0.3, -0.25) is 4.79 Å². The van der Waals surface area contributed by atoms with Gasteiger partial charge in [-0.25, -0.2) is 0 Å². The van der Waals surface area contributed by atoms with E-state index in [0.29, 0.717) is 6.54 Å². The van der Waals surface area contributed by atoms with Crippen LogP contribution in [0, 0.1) is 5.92 Å². The minimum atomic E-state index is 0.0873. The van der Waals surface area contributed by atoms with Crippen molar-refractivity contribution < 1.29 is 4.79 Å². The zero-order chi connectivity index (χ0) is 11.5. The van der Waals surface area contributed by atoms with Crippen LogP contribution in [-0.2, 0) is 17.6 Å². The molecule has 1 atom stereocenters. The predicted molar refractivity (Wildman–Crippen MR) is 68.2 cm³/mol. The standard InChI is InChI=1S/C13H14BrNO/c1-2-5-15-13(16)11-6-9-3-4-12(14)8-10(9)7-11/h2-4,8,11H,1,5-7H2,(H,15,16). The van der Waals surface area contributed by atoms with E-state index in [0.717, 1.165) is 17.3 Å². The Kier molecular flexibility index (Phi) is 3.44. The van der Waals surface area contributed by atoms with Crippen LogP contribution in [-0.4, -0.2) is 12.5 Å². The minimum Gasteiger partial charge on any atom is -0.352 e. The molecule has 0 saturated carbocycles. The number of hydrogen-bond donors (Lipinski definition) is 1. The first-order chi connectivity index (χ1) is 7.70. The van der Waals surface area contributed by atoms with E-state index in [9.17, 15) is 4.79 Å². The van der Waals surface area contributed by atoms with Crippen molar-refractivity contribution in [3.63, 3.8) is 0 Å². The van der Waals surface area contributed by atoms with Crippen molar-refractivity contribution in [3.05, 3.63) is 46.5 Å². The van der Waals surface area contributed by atoms with Crippen molar-refractivity contribution in [1.29, 1.82) is 0 Å². The maximum atomic E-state index is 11.8. The molecule has 2 rings (SSSR count). The number of benzene rings is 1. The first-order valence-corrected chi connectivity index (χ1v) is 6.16. The maximum absolute atomic E-state index is 11.8. The Morgan fingerprint density at radius 2 is 2.25 bits per heavy atom. The van der Waals surface area contributed by atoms with Gasteiger partial charge in [-0.15, -0.1) is 6.58 Å². The molecular formula is C13H14BrNO. The topological polar surface area (TPSA) is 29.1 Å². The second kappa shape index (κ2) is 4.83. The van der Waals surface area contributed by atoms with Gasteiger partial charge in [0.1, 0.15) is 0 Å². The second-order valence-electron chi connectivity index (χ2n) is 4.05. The van der Waals surface area contributed by atoms with E-state index in [-0.39, 0.29) is 11.8 Å². The molecule has 0 spiro atoms. The second-order valence-corrected chi connectivity index (χ2v) is 4.97. The Hall–Kier alpha value is -1.09. The first-order valence-electron chi connectivity index (χ1n) is 5.36. The molecule has 2 nitrogen and oxygen atoms in total. The molecule has 0 radical (unpaired) electrons. The third-order valence-electron chi connectivity index (χ3n) is 2.89. The summed E-state index contributed by atoms with van der Waals surface area (Å²) in [5.41, 5.74) is 2.58. The van der Waals surface area contributed by atoms with Crippen LogP contribution in [0.3, 0.4) is 0 Å². The third-order valence-corrected chi connectivity index (χ3v) is 3.39. The average Bonchev–Trinajstić information content (AvgIpc) is 2.68. The summed E-state index contributed by atoms with van der Waals surface area (Å²) in [6.07, 6.45) is 3.40. The highest BCUT2D eigenvalue weighted by Gasteiger charge is 2.26. The van der Waals surface area contributed by atoms with Crippen LogP contribution >= 0.6 is 15.9 Å². The van der Waals surface area contributed by atoms with Gasteiger partial charge in [0.15, 0.2) is 0 Å². The molecule has 1 unspecified atom stereocenters. The summed E-state index contributed by atoms with van der Waals surface area (Å²) >= 11 is 3.45. The van der Waals surface area contributed by atoms with Crippen LogP contribution in [0.4, 0.5) is 0 Å². The van der Waals surface area contributed by atoms with Crippen LogP contribution in [0.25, 0.3) is 0 Å². The first kappa shape index (κ1) is 11.4. The Labute approximate surface area is 104 Å². The SMILES string of the molecule is C=CCNC(=O)C1Cc2ccc(Br)cc2C1. The van der Waals surface area contributed by atoms with E-state index < -0.39 is 0 Å². The number of halogens is 1. The summed E-state index contributed by atoms with van der Waals surface area (Å²) in [5.74, 6) is 0.219. The third kappa shape index (κ3) is 2.35. The molecule has 1 aromatic carbocycles. The number of nitrogens with one attached hydrogen (secondary N) is 1. The summed E-state index contributed by atoms with van der Waals surface area (Å²) in [7, 11) is 0. The highest BCUT2D eigenvalue weighted by Crippen LogP contribution is 2.29. The minimum absolute atomic E-state index is 0.0873. The van der Waals surface area contributed by atoms with Crippen LogP contribution in [0.1, 0.15) is 11.1 Å². The number of carbonyl (C=O) groups excluding carboxylic acids is 1. The van der Waals surface area contributed by atoms with Gasteiger partial charge in [0.2, 0.25) is 5.91 Å². The molecule has 1 aliphatic carbocycles. The van der Waals surface area contributed by atoms with Crippen LogP contribution < -0.4 is 5.32 Å². The molecule has 1 aliphatic rings. The van der Waals surface area contributed by atoms with Crippen molar-refractivity contribution in [1.82, 2.24) is 5.32 Å². The fourth-order valence-electron chi connectivity index (χ4n) is 2.09. The van der Waals surface area contributed by atoms with E-state index >= 15 is 0 Å². The summed E-state index contributed by atoms with van der Waals surface area (Å²) in [5, 5.41) is 2.86. The summed E-state index contributed by atoms with van der Waals surface area (Å²) < 4.78 is 1.08. The van der Waals surface area contributed by atoms with E-state index in [1.807, 2.05) is 6.07 Å². The van der Waals surface area contributed by atoms with Gasteiger partial charge in [-0.05, 0) is 36.1 Å². The molecule has 0 saturated heterocycles. The summed E-state index contributed by atoms with van der Waals surface area (Å²) in [6, 6.07) is 6.24. The zero-order valence-electron chi connectivity index (χ0n) is 9.00. The Balaban J connectivity index is 2.05. The van der Waals surface area contributed by atoms with Crippen LogP contribution in [0.5, 0.6) is 0 Å². The molecule has 0 bridgehead atoms. The normalized spacial score (nSPS) is 17.9. The van der Waals surface area contributed by atoms with Gasteiger partial charge in [0, 0.05) is 16.9 Å². The maximum Gasteiger partial charge on any atom is 0.224 e. The number of hydrogen-bond acceptors (Lipinski definition) is 1. The fraction of sp³-hybridized carbons (Fsp3) is 0.308. The Bertz CT molecular complexity index is 428. The average molecular weight is 280 g/mol. The van der Waals surface area contributed by atoms with Crippen molar-refractivity contribution in [3.8, 4) is 0 Å². The Morgan fingerprint density at radius 1 is 1.50 bits per heavy atom. The van der Waals surface area contributed by atoms with Crippen LogP contribution in [0.2, 0.25) is 0 Å². The van der Waals surface area contributed by atoms with Crippen molar-refractivity contribution >= 4 is 21.8 Å². The molecule has 1 aromatic rings. The van der Waals surface area contributed by atoms with Crippen LogP contribution in [0.15, 0.2) is 35.3 Å². The lowest BCUT2D eigenvalue weighted by molar-refractivity contribution is -0.124. The highest BCUT2D eigenvalue weighted by atomic mass is 79.9. The van der Waals surface area contributed by atoms with Crippen molar-refractivity contribution in [2.45, 2.75) is 12.8 Å². The fourth-order valence-corrected chi connectivity index (χ4v) is 2.50. The molecular weight excluding hydrogens is 266 g/mol. The number of fused-ring (bicyclic) bond motifs is 1. The number of amides is 1. The predicted octanol–water partition coefficient (Wildman–Crippen LogP) is 2.47. The lowest BCUT2D eigenvalue weighted by atomic mass is 10.1. The smallest absolute Gasteiger partial charge is 0.224 e. The molecule has 0 aliphatic heterocycles. The number of carbonyl (C=O) groups is 1. The molecule has 16 heavy (non-hydrogen) atoms. The molecule has 0 fully saturated rings. The van der Waals surface area contributed by atoms with Gasteiger partial charge in [-0.2, -0.15) is 0 Å². The number of rotatable bonds is 3. The molecule has 84 valence electrons. The van der Waals surface area contributed by atoms with Gasteiger partial charge in [0.05, 0.1) is 0 Å². The van der Waals surface area contributed by atoms with E-state index in [4.69, 9.17) is 0 Å². The highest BCUT2D eigenvalue weighted by molar-refractivity contribution is 9.10. The van der Waals surface area contributed by atoms with Gasteiger partial charge < -0.3 is 5.32 Å². The quantitative estimate of drug-likeness (QED) is 0.847. The van der Waals surface area contributed by atoms with E-state index in [1.165, 1.54) is 11.1 Å². The van der Waals surface area contributed by atoms with Crippen molar-refractivity contribution in [2.24, 2.45) is 5.92 Å². The molecule has 0 aromatic heterocycles. The van der Waals surface area contributed by atoms with Crippen molar-refractivity contribution in [2.75, 3.05) is 6.54 Å². The van der Waals surface area contributed by atoms with Gasteiger partial charge in [-0.1, -0.05) is 28.1 Å². The summed E-state index contributed by atoms with van der Waals surface area (Å²) in [4.78, 5) is 11.8. The lowest BCUT2D eigenvalue weighted by Gasteiger charge is -2.08.